The third-order valence-electron chi connectivity index (χ3n) is 3.86. The number of nitrogens with zero attached hydrogens (tertiary/aromatic N) is 1. The molecular weight excluding hydrogens is 381 g/mol. The molecule has 1 amide bonds. The minimum atomic E-state index is -4.39. The average molecular weight is 404 g/mol. The van der Waals surface area contributed by atoms with Gasteiger partial charge in [0.2, 0.25) is 0 Å². The van der Waals surface area contributed by atoms with Crippen LogP contribution in [0.5, 0.6) is 0 Å². The maximum Gasteiger partial charge on any atom is 0.405 e. The predicted molar refractivity (Wildman–Crippen MR) is 99.0 cm³/mol. The lowest BCUT2D eigenvalue weighted by molar-refractivity contribution is -0.122. The number of carbonyl (C=O) groups excluding carboxylic acids is 1. The van der Waals surface area contributed by atoms with E-state index < -0.39 is 18.6 Å². The molecule has 27 heavy (non-hydrogen) atoms. The monoisotopic (exact) mass is 404 g/mol. The Kier molecular flexibility index (Phi) is 7.40. The van der Waals surface area contributed by atoms with Crippen LogP contribution >= 0.6 is 12.2 Å². The third kappa shape index (κ3) is 7.69. The van der Waals surface area contributed by atoms with Crippen molar-refractivity contribution in [1.29, 1.82) is 0 Å². The van der Waals surface area contributed by atoms with Gasteiger partial charge in [0.15, 0.2) is 5.11 Å². The van der Waals surface area contributed by atoms with Crippen molar-refractivity contribution in [3.8, 4) is 0 Å². The van der Waals surface area contributed by atoms with Gasteiger partial charge in [-0.25, -0.2) is 0 Å². The van der Waals surface area contributed by atoms with Crippen molar-refractivity contribution in [2.24, 2.45) is 0 Å². The van der Waals surface area contributed by atoms with Crippen molar-refractivity contribution < 1.29 is 22.7 Å². The molecule has 1 aromatic rings. The molecule has 0 aromatic heterocycles. The van der Waals surface area contributed by atoms with Crippen LogP contribution in [0.25, 0.3) is 0 Å². The topological polar surface area (TPSA) is 65.6 Å². The predicted octanol–water partition coefficient (Wildman–Crippen LogP) is 1.97. The van der Waals surface area contributed by atoms with Gasteiger partial charge in [-0.3, -0.25) is 20.5 Å². The highest BCUT2D eigenvalue weighted by Crippen LogP contribution is 2.15. The van der Waals surface area contributed by atoms with Crippen LogP contribution in [0.2, 0.25) is 0 Å². The van der Waals surface area contributed by atoms with Crippen LogP contribution < -0.4 is 16.2 Å². The van der Waals surface area contributed by atoms with Crippen molar-refractivity contribution in [2.45, 2.75) is 38.8 Å². The first-order chi connectivity index (χ1) is 12.6. The number of amides is 1. The molecule has 150 valence electrons. The lowest BCUT2D eigenvalue weighted by Crippen LogP contribution is -2.48. The Balaban J connectivity index is 1.80. The number of hydrazine groups is 1. The van der Waals surface area contributed by atoms with Gasteiger partial charge in [-0.15, -0.1) is 0 Å². The molecule has 2 atom stereocenters. The Labute approximate surface area is 161 Å². The number of nitrogens with one attached hydrogen (secondary N) is 3. The summed E-state index contributed by atoms with van der Waals surface area (Å²) in [5, 5.41) is 1.64. The summed E-state index contributed by atoms with van der Waals surface area (Å²) in [5.74, 6) is -0.494. The van der Waals surface area contributed by atoms with Crippen LogP contribution in [-0.2, 0) is 11.3 Å². The number of halogens is 3. The number of hydrogen-bond donors (Lipinski definition) is 3. The highest BCUT2D eigenvalue weighted by Gasteiger charge is 2.27. The fourth-order valence-electron chi connectivity index (χ4n) is 2.84. The van der Waals surface area contributed by atoms with Gasteiger partial charge < -0.3 is 10.1 Å². The zero-order valence-electron chi connectivity index (χ0n) is 15.1. The fraction of sp³-hybridized carbons (Fsp3) is 0.529. The molecule has 1 aliphatic rings. The van der Waals surface area contributed by atoms with Crippen LogP contribution in [0.1, 0.15) is 29.8 Å². The molecule has 0 saturated carbocycles. The molecule has 0 radical (unpaired) electrons. The first-order valence-corrected chi connectivity index (χ1v) is 8.91. The molecule has 1 aromatic carbocycles. The van der Waals surface area contributed by atoms with E-state index in [2.05, 4.69) is 28.0 Å². The summed E-state index contributed by atoms with van der Waals surface area (Å²) in [6, 6.07) is 7.01. The highest BCUT2D eigenvalue weighted by atomic mass is 32.1. The number of benzene rings is 1. The van der Waals surface area contributed by atoms with Gasteiger partial charge in [0, 0.05) is 25.2 Å². The van der Waals surface area contributed by atoms with Gasteiger partial charge in [-0.2, -0.15) is 13.2 Å². The summed E-state index contributed by atoms with van der Waals surface area (Å²) in [6.45, 7) is 5.25. The van der Waals surface area contributed by atoms with E-state index in [1.165, 1.54) is 0 Å². The maximum atomic E-state index is 12.1. The molecule has 2 rings (SSSR count). The van der Waals surface area contributed by atoms with Crippen molar-refractivity contribution in [3.63, 3.8) is 0 Å². The van der Waals surface area contributed by atoms with E-state index in [-0.39, 0.29) is 17.3 Å². The average Bonchev–Trinajstić information content (AvgIpc) is 2.57. The van der Waals surface area contributed by atoms with Crippen molar-refractivity contribution >= 4 is 23.2 Å². The van der Waals surface area contributed by atoms with E-state index >= 15 is 0 Å². The summed E-state index contributed by atoms with van der Waals surface area (Å²) in [7, 11) is 0. The summed E-state index contributed by atoms with van der Waals surface area (Å²) >= 11 is 4.67. The molecule has 0 spiro atoms. The van der Waals surface area contributed by atoms with Crippen LogP contribution in [-0.4, -0.2) is 53.9 Å². The molecule has 0 aliphatic carbocycles. The Morgan fingerprint density at radius 2 is 1.78 bits per heavy atom. The van der Waals surface area contributed by atoms with Gasteiger partial charge in [0.05, 0.1) is 12.2 Å². The number of ether oxygens (including phenoxy) is 1. The highest BCUT2D eigenvalue weighted by molar-refractivity contribution is 7.80. The van der Waals surface area contributed by atoms with Crippen LogP contribution in [0.3, 0.4) is 0 Å². The van der Waals surface area contributed by atoms with E-state index in [0.29, 0.717) is 5.56 Å². The van der Waals surface area contributed by atoms with E-state index in [1.54, 1.807) is 12.1 Å². The van der Waals surface area contributed by atoms with Gasteiger partial charge in [0.1, 0.15) is 6.54 Å². The standard InChI is InChI=1S/C17H23F3N4O2S/c1-11-7-24(8-12(2)26-11)9-13-3-5-14(6-4-13)15(25)22-23-16(27)21-10-17(18,19)20/h3-6,11-12H,7-10H2,1-2H3,(H,22,25)(H2,21,23,27)/t11-,12-/m1/s1. The zero-order chi connectivity index (χ0) is 20.0. The van der Waals surface area contributed by atoms with E-state index in [0.717, 1.165) is 25.2 Å². The van der Waals surface area contributed by atoms with Crippen molar-refractivity contribution in [3.05, 3.63) is 35.4 Å². The number of morpholine rings is 1. The minimum absolute atomic E-state index is 0.180. The van der Waals surface area contributed by atoms with E-state index in [1.807, 2.05) is 31.3 Å². The molecule has 1 saturated heterocycles. The molecule has 6 nitrogen and oxygen atoms in total. The maximum absolute atomic E-state index is 12.1. The minimum Gasteiger partial charge on any atom is -0.373 e. The van der Waals surface area contributed by atoms with Crippen LogP contribution in [0, 0.1) is 0 Å². The Morgan fingerprint density at radius 1 is 1.19 bits per heavy atom. The lowest BCUT2D eigenvalue weighted by atomic mass is 10.1. The number of thiocarbonyl (C=S) groups is 1. The smallest absolute Gasteiger partial charge is 0.373 e. The SMILES string of the molecule is C[C@@H]1CN(Cc2ccc(C(=O)NNC(=S)NCC(F)(F)F)cc2)C[C@@H](C)O1. The van der Waals surface area contributed by atoms with Gasteiger partial charge in [-0.05, 0) is 43.8 Å². The molecule has 1 heterocycles. The first kappa shape index (κ1) is 21.4. The van der Waals surface area contributed by atoms with Gasteiger partial charge in [-0.1, -0.05) is 12.1 Å². The number of hydrogen-bond acceptors (Lipinski definition) is 4. The first-order valence-electron chi connectivity index (χ1n) is 8.50. The molecule has 10 heteroatoms. The summed E-state index contributed by atoms with van der Waals surface area (Å²) < 4.78 is 41.9. The molecule has 1 fully saturated rings. The van der Waals surface area contributed by atoms with Crippen LogP contribution in [0.15, 0.2) is 24.3 Å². The second-order valence-corrected chi connectivity index (χ2v) is 6.93. The molecule has 1 aliphatic heterocycles. The fourth-order valence-corrected chi connectivity index (χ4v) is 2.97. The van der Waals surface area contributed by atoms with Crippen molar-refractivity contribution in [1.82, 2.24) is 21.1 Å². The zero-order valence-corrected chi connectivity index (χ0v) is 15.9. The van der Waals surface area contributed by atoms with E-state index in [9.17, 15) is 18.0 Å². The van der Waals surface area contributed by atoms with Crippen molar-refractivity contribution in [2.75, 3.05) is 19.6 Å². The van der Waals surface area contributed by atoms with E-state index in [4.69, 9.17) is 4.74 Å². The Hall–Kier alpha value is -1.91. The Morgan fingerprint density at radius 3 is 2.33 bits per heavy atom. The quantitative estimate of drug-likeness (QED) is 0.527. The van der Waals surface area contributed by atoms with Gasteiger partial charge in [0.25, 0.3) is 5.91 Å². The second kappa shape index (κ2) is 9.34. The second-order valence-electron chi connectivity index (χ2n) is 6.53. The lowest BCUT2D eigenvalue weighted by Gasteiger charge is -2.35. The molecule has 0 unspecified atom stereocenters. The molecule has 3 N–H and O–H groups in total. The van der Waals surface area contributed by atoms with Gasteiger partial charge >= 0.3 is 6.18 Å². The molecule has 0 bridgehead atoms. The summed E-state index contributed by atoms with van der Waals surface area (Å²) in [6.07, 6.45) is -4.03. The summed E-state index contributed by atoms with van der Waals surface area (Å²) in [4.78, 5) is 14.3. The largest absolute Gasteiger partial charge is 0.405 e. The summed E-state index contributed by atoms with van der Waals surface area (Å²) in [5.41, 5.74) is 5.93. The number of alkyl halides is 3. The van der Waals surface area contributed by atoms with Crippen LogP contribution in [0.4, 0.5) is 13.2 Å². The number of rotatable bonds is 4. The normalized spacial score (nSPS) is 20.8. The molecular formula is C17H23F3N4O2S. The third-order valence-corrected chi connectivity index (χ3v) is 4.10. The Bertz CT molecular complexity index is 645. The number of carbonyl (C=O) groups is 1.